The molecule has 3 heterocycles. The van der Waals surface area contributed by atoms with Gasteiger partial charge in [-0.05, 0) is 19.1 Å². The third kappa shape index (κ3) is 5.16. The van der Waals surface area contributed by atoms with E-state index in [2.05, 4.69) is 20.2 Å². The van der Waals surface area contributed by atoms with E-state index in [-0.39, 0.29) is 0 Å². The van der Waals surface area contributed by atoms with Crippen LogP contribution in [0.2, 0.25) is 0 Å². The quantitative estimate of drug-likeness (QED) is 0.860. The van der Waals surface area contributed by atoms with Crippen molar-refractivity contribution < 1.29 is 27.8 Å². The Morgan fingerprint density at radius 1 is 1.37 bits per heavy atom. The molecular formula is C16H20F3N5O3. The number of halogens is 3. The summed E-state index contributed by atoms with van der Waals surface area (Å²) in [6.07, 6.45) is -3.15. The average Bonchev–Trinajstić information content (AvgIpc) is 2.97. The maximum Gasteiger partial charge on any atom is 0.490 e. The van der Waals surface area contributed by atoms with Gasteiger partial charge in [0, 0.05) is 38.7 Å². The van der Waals surface area contributed by atoms with E-state index < -0.39 is 12.1 Å². The predicted molar refractivity (Wildman–Crippen MR) is 89.3 cm³/mol. The summed E-state index contributed by atoms with van der Waals surface area (Å²) in [6.45, 7) is 4.32. The minimum absolute atomic E-state index is 0.305. The van der Waals surface area contributed by atoms with Gasteiger partial charge in [-0.15, -0.1) is 5.10 Å². The number of nitrogens with zero attached hydrogens (tertiary/aromatic N) is 5. The minimum Gasteiger partial charge on any atom is -0.475 e. The third-order valence-electron chi connectivity index (χ3n) is 3.97. The molecule has 1 aliphatic heterocycles. The van der Waals surface area contributed by atoms with E-state index in [1.165, 1.54) is 11.3 Å². The molecule has 0 amide bonds. The number of anilines is 1. The first-order valence-electron chi connectivity index (χ1n) is 7.98. The summed E-state index contributed by atoms with van der Waals surface area (Å²) >= 11 is 0. The Balaban J connectivity index is 0.000000321. The van der Waals surface area contributed by atoms with Crippen molar-refractivity contribution in [2.24, 2.45) is 7.05 Å². The molecular weight excluding hydrogens is 367 g/mol. The van der Waals surface area contributed by atoms with Crippen molar-refractivity contribution in [3.8, 4) is 0 Å². The SMILES string of the molecule is COCC1CN(c2ccc(C)nn2)Cc2cnn(C)c21.O=C(O)C(F)(F)F. The molecule has 1 unspecified atom stereocenters. The maximum atomic E-state index is 10.6. The number of rotatable bonds is 3. The van der Waals surface area contributed by atoms with Gasteiger partial charge >= 0.3 is 12.1 Å². The lowest BCUT2D eigenvalue weighted by Gasteiger charge is -2.33. The number of fused-ring (bicyclic) bond motifs is 1. The fraction of sp³-hybridized carbons (Fsp3) is 0.500. The number of aryl methyl sites for hydroxylation is 2. The highest BCUT2D eigenvalue weighted by Crippen LogP contribution is 2.30. The molecule has 8 nitrogen and oxygen atoms in total. The first-order chi connectivity index (χ1) is 12.6. The molecule has 1 aliphatic rings. The van der Waals surface area contributed by atoms with E-state index in [4.69, 9.17) is 14.6 Å². The molecule has 3 rings (SSSR count). The van der Waals surface area contributed by atoms with Crippen LogP contribution in [0.4, 0.5) is 19.0 Å². The van der Waals surface area contributed by atoms with Crippen LogP contribution < -0.4 is 4.90 Å². The van der Waals surface area contributed by atoms with E-state index in [1.54, 1.807) is 7.11 Å². The summed E-state index contributed by atoms with van der Waals surface area (Å²) in [5.74, 6) is -1.54. The Kier molecular flexibility index (Phi) is 6.37. The van der Waals surface area contributed by atoms with Crippen LogP contribution in [0.3, 0.4) is 0 Å². The molecule has 2 aromatic rings. The second kappa shape index (κ2) is 8.33. The van der Waals surface area contributed by atoms with E-state index in [1.807, 2.05) is 37.0 Å². The Hall–Kier alpha value is -2.69. The first-order valence-corrected chi connectivity index (χ1v) is 7.98. The van der Waals surface area contributed by atoms with Gasteiger partial charge in [-0.2, -0.15) is 23.4 Å². The lowest BCUT2D eigenvalue weighted by atomic mass is 9.97. The zero-order chi connectivity index (χ0) is 20.2. The molecule has 1 atom stereocenters. The lowest BCUT2D eigenvalue weighted by molar-refractivity contribution is -0.192. The van der Waals surface area contributed by atoms with Gasteiger partial charge in [0.05, 0.1) is 24.2 Å². The van der Waals surface area contributed by atoms with Gasteiger partial charge in [0.25, 0.3) is 0 Å². The summed E-state index contributed by atoms with van der Waals surface area (Å²) in [4.78, 5) is 11.1. The fourth-order valence-electron chi connectivity index (χ4n) is 2.83. The Morgan fingerprint density at radius 3 is 2.56 bits per heavy atom. The Bertz CT molecular complexity index is 777. The number of ether oxygens (including phenoxy) is 1. The van der Waals surface area contributed by atoms with Gasteiger partial charge in [0.1, 0.15) is 0 Å². The summed E-state index contributed by atoms with van der Waals surface area (Å²) in [7, 11) is 3.73. The number of carbonyl (C=O) groups is 1. The molecule has 1 N–H and O–H groups in total. The summed E-state index contributed by atoms with van der Waals surface area (Å²) in [5.41, 5.74) is 3.44. The van der Waals surface area contributed by atoms with Crippen LogP contribution in [-0.2, 0) is 23.1 Å². The van der Waals surface area contributed by atoms with Crippen LogP contribution >= 0.6 is 0 Å². The van der Waals surface area contributed by atoms with E-state index >= 15 is 0 Å². The number of carboxylic acid groups (broad SMARTS) is 1. The molecule has 0 fully saturated rings. The molecule has 11 heteroatoms. The number of carboxylic acids is 1. The van der Waals surface area contributed by atoms with Crippen molar-refractivity contribution in [3.63, 3.8) is 0 Å². The number of methoxy groups -OCH3 is 1. The topological polar surface area (TPSA) is 93.4 Å². The second-order valence-corrected chi connectivity index (χ2v) is 6.05. The normalized spacial score (nSPS) is 16.4. The fourth-order valence-corrected chi connectivity index (χ4v) is 2.83. The van der Waals surface area contributed by atoms with Gasteiger partial charge in [-0.1, -0.05) is 0 Å². The molecule has 0 radical (unpaired) electrons. The van der Waals surface area contributed by atoms with Crippen LogP contribution in [0.15, 0.2) is 18.3 Å². The summed E-state index contributed by atoms with van der Waals surface area (Å²) in [5, 5.41) is 19.9. The van der Waals surface area contributed by atoms with Crippen LogP contribution in [0, 0.1) is 6.92 Å². The van der Waals surface area contributed by atoms with Gasteiger partial charge in [-0.3, -0.25) is 4.68 Å². The zero-order valence-electron chi connectivity index (χ0n) is 15.1. The predicted octanol–water partition coefficient (Wildman–Crippen LogP) is 1.90. The van der Waals surface area contributed by atoms with Crippen LogP contribution in [0.1, 0.15) is 22.9 Å². The van der Waals surface area contributed by atoms with Crippen molar-refractivity contribution in [2.75, 3.05) is 25.2 Å². The van der Waals surface area contributed by atoms with Crippen molar-refractivity contribution in [1.82, 2.24) is 20.0 Å². The lowest BCUT2D eigenvalue weighted by Crippen LogP contribution is -2.36. The number of hydrogen-bond acceptors (Lipinski definition) is 6. The minimum atomic E-state index is -5.08. The zero-order valence-corrected chi connectivity index (χ0v) is 15.1. The second-order valence-electron chi connectivity index (χ2n) is 6.05. The number of alkyl halides is 3. The number of aromatic nitrogens is 4. The Morgan fingerprint density at radius 2 is 2.04 bits per heavy atom. The molecule has 2 aromatic heterocycles. The first kappa shape index (κ1) is 20.6. The third-order valence-corrected chi connectivity index (χ3v) is 3.97. The standard InChI is InChI=1S/C14H19N5O.C2HF3O2/c1-10-4-5-13(17-16-10)19-7-11-6-15-18(2)14(11)12(8-19)9-20-3;3-2(4,5)1(6)7/h4-6,12H,7-9H2,1-3H3;(H,6,7). The monoisotopic (exact) mass is 387 g/mol. The van der Waals surface area contributed by atoms with Crippen molar-refractivity contribution in [1.29, 1.82) is 0 Å². The molecule has 0 saturated carbocycles. The van der Waals surface area contributed by atoms with Crippen LogP contribution in [0.25, 0.3) is 0 Å². The summed E-state index contributed by atoms with van der Waals surface area (Å²) in [6, 6.07) is 4.01. The van der Waals surface area contributed by atoms with E-state index in [9.17, 15) is 13.2 Å². The highest BCUT2D eigenvalue weighted by molar-refractivity contribution is 5.73. The molecule has 0 aromatic carbocycles. The Labute approximate surface area is 153 Å². The van der Waals surface area contributed by atoms with Gasteiger partial charge < -0.3 is 14.7 Å². The highest BCUT2D eigenvalue weighted by Gasteiger charge is 2.38. The molecule has 148 valence electrons. The number of aliphatic carboxylic acids is 1. The van der Waals surface area contributed by atoms with Crippen LogP contribution in [-0.4, -0.2) is 57.5 Å². The largest absolute Gasteiger partial charge is 0.490 e. The molecule has 0 bridgehead atoms. The van der Waals surface area contributed by atoms with Crippen molar-refractivity contribution in [2.45, 2.75) is 25.6 Å². The molecule has 0 spiro atoms. The molecule has 0 aliphatic carbocycles. The maximum absolute atomic E-state index is 10.6. The van der Waals surface area contributed by atoms with Gasteiger partial charge in [0.2, 0.25) is 0 Å². The average molecular weight is 387 g/mol. The van der Waals surface area contributed by atoms with Gasteiger partial charge in [-0.25, -0.2) is 4.79 Å². The van der Waals surface area contributed by atoms with Crippen molar-refractivity contribution >= 4 is 11.8 Å². The smallest absolute Gasteiger partial charge is 0.475 e. The molecule has 0 saturated heterocycles. The van der Waals surface area contributed by atoms with Crippen molar-refractivity contribution in [3.05, 3.63) is 35.3 Å². The number of hydrogen-bond donors (Lipinski definition) is 1. The van der Waals surface area contributed by atoms with E-state index in [0.29, 0.717) is 12.5 Å². The molecule has 27 heavy (non-hydrogen) atoms. The van der Waals surface area contributed by atoms with E-state index in [0.717, 1.165) is 24.6 Å². The van der Waals surface area contributed by atoms with Crippen LogP contribution in [0.5, 0.6) is 0 Å². The summed E-state index contributed by atoms with van der Waals surface area (Å²) < 4.78 is 39.1. The van der Waals surface area contributed by atoms with Gasteiger partial charge in [0.15, 0.2) is 5.82 Å². The highest BCUT2D eigenvalue weighted by atomic mass is 19.4.